The van der Waals surface area contributed by atoms with Crippen molar-refractivity contribution in [3.63, 3.8) is 0 Å². The van der Waals surface area contributed by atoms with Gasteiger partial charge in [0.15, 0.2) is 0 Å². The van der Waals surface area contributed by atoms with E-state index in [1.54, 1.807) is 26.0 Å². The highest BCUT2D eigenvalue weighted by molar-refractivity contribution is 7.14. The van der Waals surface area contributed by atoms with E-state index in [-0.39, 0.29) is 5.82 Å². The summed E-state index contributed by atoms with van der Waals surface area (Å²) in [4.78, 5) is 11.1. The minimum Gasteiger partial charge on any atom is -0.481 e. The minimum atomic E-state index is -1.09. The van der Waals surface area contributed by atoms with Gasteiger partial charge >= 0.3 is 5.97 Å². The molecule has 0 atom stereocenters. The molecule has 0 saturated carbocycles. The molecule has 0 saturated heterocycles. The maximum atomic E-state index is 13.1. The topological polar surface area (TPSA) is 63.1 Å². The summed E-state index contributed by atoms with van der Waals surface area (Å²) in [6.45, 7) is 3.12. The Labute approximate surface area is 107 Å². The highest BCUT2D eigenvalue weighted by Crippen LogP contribution is 2.31. The lowest BCUT2D eigenvalue weighted by molar-refractivity contribution is -0.142. The van der Waals surface area contributed by atoms with Gasteiger partial charge in [0.05, 0.1) is 0 Å². The summed E-state index contributed by atoms with van der Waals surface area (Å²) in [5.74, 6) is -1.33. The Morgan fingerprint density at radius 2 is 2.11 bits per heavy atom. The number of hydrogen-bond acceptors (Lipinski definition) is 4. The van der Waals surface area contributed by atoms with Crippen LogP contribution < -0.4 is 0 Å². The number of rotatable bonds is 3. The zero-order valence-electron chi connectivity index (χ0n) is 9.85. The number of carbonyl (C=O) groups is 1. The van der Waals surface area contributed by atoms with E-state index in [9.17, 15) is 9.18 Å². The van der Waals surface area contributed by atoms with Crippen LogP contribution in [0, 0.1) is 5.82 Å². The van der Waals surface area contributed by atoms with Crippen molar-refractivity contribution < 1.29 is 14.3 Å². The molecule has 0 spiro atoms. The van der Waals surface area contributed by atoms with Crippen LogP contribution in [0.5, 0.6) is 0 Å². The van der Waals surface area contributed by atoms with Crippen molar-refractivity contribution >= 4 is 17.3 Å². The molecule has 2 rings (SSSR count). The average molecular weight is 266 g/mol. The highest BCUT2D eigenvalue weighted by atomic mass is 32.1. The predicted octanol–water partition coefficient (Wildman–Crippen LogP) is 2.71. The third-order valence-corrected chi connectivity index (χ3v) is 3.86. The molecular formula is C12H11FN2O2S. The first kappa shape index (κ1) is 12.6. The molecule has 0 amide bonds. The zero-order valence-corrected chi connectivity index (χ0v) is 10.7. The molecule has 1 N–H and O–H groups in total. The van der Waals surface area contributed by atoms with E-state index in [2.05, 4.69) is 10.2 Å². The van der Waals surface area contributed by atoms with Crippen molar-refractivity contribution in [2.75, 3.05) is 0 Å². The van der Waals surface area contributed by atoms with E-state index >= 15 is 0 Å². The molecule has 0 unspecified atom stereocenters. The fraction of sp³-hybridized carbons (Fsp3) is 0.250. The van der Waals surface area contributed by atoms with Crippen molar-refractivity contribution in [2.45, 2.75) is 19.3 Å². The van der Waals surface area contributed by atoms with Gasteiger partial charge in [-0.25, -0.2) is 4.39 Å². The van der Waals surface area contributed by atoms with Gasteiger partial charge < -0.3 is 5.11 Å². The Balaban J connectivity index is 2.40. The number of aliphatic carboxylic acids is 1. The van der Waals surface area contributed by atoms with Gasteiger partial charge in [0.1, 0.15) is 21.2 Å². The Kier molecular flexibility index (Phi) is 3.13. The van der Waals surface area contributed by atoms with Gasteiger partial charge in [-0.05, 0) is 26.0 Å². The maximum Gasteiger partial charge on any atom is 0.316 e. The summed E-state index contributed by atoms with van der Waals surface area (Å²) in [7, 11) is 0. The van der Waals surface area contributed by atoms with E-state index < -0.39 is 11.4 Å². The molecule has 0 radical (unpaired) electrons. The van der Waals surface area contributed by atoms with Gasteiger partial charge in [-0.2, -0.15) is 0 Å². The number of carboxylic acids is 1. The molecule has 2 aromatic rings. The van der Waals surface area contributed by atoms with Crippen molar-refractivity contribution in [1.29, 1.82) is 0 Å². The number of halogens is 1. The smallest absolute Gasteiger partial charge is 0.316 e. The van der Waals surface area contributed by atoms with Crippen LogP contribution in [0.15, 0.2) is 24.3 Å². The first-order valence-electron chi connectivity index (χ1n) is 5.24. The summed E-state index contributed by atoms with van der Waals surface area (Å²) in [6, 6.07) is 5.97. The quantitative estimate of drug-likeness (QED) is 0.927. The Morgan fingerprint density at radius 3 is 2.72 bits per heavy atom. The van der Waals surface area contributed by atoms with Crippen LogP contribution in [-0.4, -0.2) is 21.3 Å². The molecule has 0 aliphatic rings. The summed E-state index contributed by atoms with van der Waals surface area (Å²) in [5.41, 5.74) is -0.497. The minimum absolute atomic E-state index is 0.359. The van der Waals surface area contributed by atoms with Crippen molar-refractivity contribution in [2.24, 2.45) is 0 Å². The van der Waals surface area contributed by atoms with Crippen LogP contribution in [0.2, 0.25) is 0 Å². The molecule has 6 heteroatoms. The predicted molar refractivity (Wildman–Crippen MR) is 66.0 cm³/mol. The zero-order chi connectivity index (χ0) is 13.3. The standard InChI is InChI=1S/C12H11FN2O2S/c1-12(2,11(16)17)10-15-14-9(18-10)7-4-3-5-8(13)6-7/h3-6H,1-2H3,(H,16,17). The summed E-state index contributed by atoms with van der Waals surface area (Å²) in [6.07, 6.45) is 0. The third-order valence-electron chi connectivity index (χ3n) is 2.57. The third kappa shape index (κ3) is 2.24. The molecule has 1 aromatic heterocycles. The summed E-state index contributed by atoms with van der Waals surface area (Å²) >= 11 is 1.16. The van der Waals surface area contributed by atoms with Gasteiger partial charge in [0.2, 0.25) is 0 Å². The Bertz CT molecular complexity index is 595. The van der Waals surface area contributed by atoms with Crippen LogP contribution in [0.4, 0.5) is 4.39 Å². The number of hydrogen-bond donors (Lipinski definition) is 1. The second-order valence-corrected chi connectivity index (χ2v) is 5.33. The van der Waals surface area contributed by atoms with Crippen molar-refractivity contribution in [1.82, 2.24) is 10.2 Å². The Morgan fingerprint density at radius 1 is 1.39 bits per heavy atom. The summed E-state index contributed by atoms with van der Waals surface area (Å²) in [5, 5.41) is 17.8. The highest BCUT2D eigenvalue weighted by Gasteiger charge is 2.33. The van der Waals surface area contributed by atoms with Gasteiger partial charge in [-0.15, -0.1) is 10.2 Å². The Hall–Kier alpha value is -1.82. The second kappa shape index (κ2) is 4.45. The van der Waals surface area contributed by atoms with E-state index in [1.165, 1.54) is 12.1 Å². The monoisotopic (exact) mass is 266 g/mol. The van der Waals surface area contributed by atoms with Crippen LogP contribution >= 0.6 is 11.3 Å². The molecule has 0 aliphatic carbocycles. The first-order valence-corrected chi connectivity index (χ1v) is 6.06. The van der Waals surface area contributed by atoms with Crippen LogP contribution in [-0.2, 0) is 10.2 Å². The number of benzene rings is 1. The lowest BCUT2D eigenvalue weighted by atomic mass is 9.95. The average Bonchev–Trinajstić information content (AvgIpc) is 2.78. The van der Waals surface area contributed by atoms with E-state index in [0.29, 0.717) is 15.6 Å². The number of aromatic nitrogens is 2. The maximum absolute atomic E-state index is 13.1. The first-order chi connectivity index (χ1) is 8.41. The fourth-order valence-electron chi connectivity index (χ4n) is 1.31. The van der Waals surface area contributed by atoms with Crippen LogP contribution in [0.1, 0.15) is 18.9 Å². The molecule has 4 nitrogen and oxygen atoms in total. The van der Waals surface area contributed by atoms with Crippen molar-refractivity contribution in [3.8, 4) is 10.6 Å². The second-order valence-electron chi connectivity index (χ2n) is 4.35. The molecule has 1 aromatic carbocycles. The molecule has 94 valence electrons. The molecule has 0 aliphatic heterocycles. The lowest BCUT2D eigenvalue weighted by Gasteiger charge is -2.13. The molecule has 0 bridgehead atoms. The van der Waals surface area contributed by atoms with E-state index in [0.717, 1.165) is 11.3 Å². The van der Waals surface area contributed by atoms with Crippen LogP contribution in [0.3, 0.4) is 0 Å². The van der Waals surface area contributed by atoms with E-state index in [4.69, 9.17) is 5.11 Å². The molecule has 0 fully saturated rings. The van der Waals surface area contributed by atoms with Crippen molar-refractivity contribution in [3.05, 3.63) is 35.1 Å². The van der Waals surface area contributed by atoms with Crippen LogP contribution in [0.25, 0.3) is 10.6 Å². The largest absolute Gasteiger partial charge is 0.481 e. The fourth-order valence-corrected chi connectivity index (χ4v) is 2.24. The molecular weight excluding hydrogens is 255 g/mol. The molecule has 18 heavy (non-hydrogen) atoms. The number of nitrogens with zero attached hydrogens (tertiary/aromatic N) is 2. The normalized spacial score (nSPS) is 11.5. The SMILES string of the molecule is CC(C)(C(=O)O)c1nnc(-c2cccc(F)c2)s1. The van der Waals surface area contributed by atoms with Gasteiger partial charge in [-0.3, -0.25) is 4.79 Å². The van der Waals surface area contributed by atoms with E-state index in [1.807, 2.05) is 0 Å². The molecule has 1 heterocycles. The van der Waals surface area contributed by atoms with Gasteiger partial charge in [-0.1, -0.05) is 23.5 Å². The summed E-state index contributed by atoms with van der Waals surface area (Å²) < 4.78 is 13.1. The number of carboxylic acid groups (broad SMARTS) is 1. The van der Waals surface area contributed by atoms with Gasteiger partial charge in [0, 0.05) is 5.56 Å². The lowest BCUT2D eigenvalue weighted by Crippen LogP contribution is -2.28. The van der Waals surface area contributed by atoms with Gasteiger partial charge in [0.25, 0.3) is 0 Å².